The SMILES string of the molecule is CC(=O)Nc1ccc(-c2cnc3ccc(C(=O)O)nn23)cc1. The minimum atomic E-state index is -1.09. The van der Waals surface area contributed by atoms with Gasteiger partial charge in [0.05, 0.1) is 11.9 Å². The van der Waals surface area contributed by atoms with E-state index >= 15 is 0 Å². The van der Waals surface area contributed by atoms with E-state index in [2.05, 4.69) is 15.4 Å². The Kier molecular flexibility index (Phi) is 3.30. The number of aromatic carboxylic acids is 1. The number of carboxylic acids is 1. The highest BCUT2D eigenvalue weighted by Gasteiger charge is 2.11. The molecule has 0 saturated carbocycles. The maximum absolute atomic E-state index is 11.0. The van der Waals surface area contributed by atoms with E-state index in [1.165, 1.54) is 17.5 Å². The van der Waals surface area contributed by atoms with Crippen molar-refractivity contribution in [2.75, 3.05) is 5.32 Å². The number of nitrogens with zero attached hydrogens (tertiary/aromatic N) is 3. The highest BCUT2D eigenvalue weighted by atomic mass is 16.4. The summed E-state index contributed by atoms with van der Waals surface area (Å²) >= 11 is 0. The normalized spacial score (nSPS) is 10.6. The summed E-state index contributed by atoms with van der Waals surface area (Å²) in [6.45, 7) is 1.44. The molecule has 0 radical (unpaired) electrons. The zero-order valence-corrected chi connectivity index (χ0v) is 11.6. The number of carbonyl (C=O) groups is 2. The fourth-order valence-corrected chi connectivity index (χ4v) is 2.11. The number of aromatic nitrogens is 3. The van der Waals surface area contributed by atoms with Gasteiger partial charge in [-0.1, -0.05) is 12.1 Å². The van der Waals surface area contributed by atoms with Crippen LogP contribution in [0.4, 0.5) is 5.69 Å². The lowest BCUT2D eigenvalue weighted by molar-refractivity contribution is -0.114. The van der Waals surface area contributed by atoms with Gasteiger partial charge in [-0.25, -0.2) is 14.3 Å². The van der Waals surface area contributed by atoms with E-state index in [-0.39, 0.29) is 11.6 Å². The van der Waals surface area contributed by atoms with Crippen molar-refractivity contribution in [3.8, 4) is 11.3 Å². The van der Waals surface area contributed by atoms with Crippen LogP contribution in [0.25, 0.3) is 16.9 Å². The third-order valence-corrected chi connectivity index (χ3v) is 3.08. The lowest BCUT2D eigenvalue weighted by Gasteiger charge is -2.05. The van der Waals surface area contributed by atoms with Crippen molar-refractivity contribution in [3.05, 3.63) is 48.3 Å². The van der Waals surface area contributed by atoms with Crippen LogP contribution in [0.15, 0.2) is 42.6 Å². The number of nitrogens with one attached hydrogen (secondary N) is 1. The topological polar surface area (TPSA) is 96.6 Å². The Labute approximate surface area is 125 Å². The van der Waals surface area contributed by atoms with Gasteiger partial charge in [0.15, 0.2) is 11.3 Å². The lowest BCUT2D eigenvalue weighted by Crippen LogP contribution is -2.06. The molecule has 3 rings (SSSR count). The summed E-state index contributed by atoms with van der Waals surface area (Å²) in [6.07, 6.45) is 1.63. The van der Waals surface area contributed by atoms with Crippen molar-refractivity contribution in [1.82, 2.24) is 14.6 Å². The van der Waals surface area contributed by atoms with E-state index in [1.807, 2.05) is 12.1 Å². The van der Waals surface area contributed by atoms with E-state index in [4.69, 9.17) is 5.11 Å². The lowest BCUT2D eigenvalue weighted by atomic mass is 10.1. The molecule has 1 amide bonds. The molecular formula is C15H12N4O3. The largest absolute Gasteiger partial charge is 0.476 e. The molecule has 0 saturated heterocycles. The molecule has 0 fully saturated rings. The Balaban J connectivity index is 2.04. The van der Waals surface area contributed by atoms with Crippen LogP contribution in [0.5, 0.6) is 0 Å². The van der Waals surface area contributed by atoms with Crippen molar-refractivity contribution < 1.29 is 14.7 Å². The number of imidazole rings is 1. The van der Waals surface area contributed by atoms with Crippen LogP contribution in [0.3, 0.4) is 0 Å². The summed E-state index contributed by atoms with van der Waals surface area (Å²) in [4.78, 5) is 26.2. The molecule has 3 aromatic rings. The fourth-order valence-electron chi connectivity index (χ4n) is 2.11. The highest BCUT2D eigenvalue weighted by molar-refractivity contribution is 5.89. The summed E-state index contributed by atoms with van der Waals surface area (Å²) in [5, 5.41) is 15.8. The third-order valence-electron chi connectivity index (χ3n) is 3.08. The van der Waals surface area contributed by atoms with Crippen LogP contribution in [-0.2, 0) is 4.79 Å². The number of hydrogen-bond acceptors (Lipinski definition) is 4. The number of carboxylic acid groups (broad SMARTS) is 1. The van der Waals surface area contributed by atoms with Gasteiger partial charge in [-0.05, 0) is 24.3 Å². The van der Waals surface area contributed by atoms with Crippen molar-refractivity contribution in [1.29, 1.82) is 0 Å². The molecule has 1 aromatic carbocycles. The standard InChI is InChI=1S/C15H12N4O3/c1-9(20)17-11-4-2-10(3-5-11)13-8-16-14-7-6-12(15(21)22)18-19(13)14/h2-8H,1H3,(H,17,20)(H,21,22). The molecule has 0 spiro atoms. The Morgan fingerprint density at radius 1 is 1.14 bits per heavy atom. The molecule has 0 atom stereocenters. The van der Waals surface area contributed by atoms with Crippen LogP contribution in [-0.4, -0.2) is 31.6 Å². The van der Waals surface area contributed by atoms with Crippen LogP contribution < -0.4 is 5.32 Å². The van der Waals surface area contributed by atoms with Crippen LogP contribution in [0.2, 0.25) is 0 Å². The first kappa shape index (κ1) is 13.7. The fraction of sp³-hybridized carbons (Fsp3) is 0.0667. The van der Waals surface area contributed by atoms with Gasteiger partial charge in [-0.2, -0.15) is 5.10 Å². The number of anilines is 1. The van der Waals surface area contributed by atoms with Gasteiger partial charge >= 0.3 is 5.97 Å². The van der Waals surface area contributed by atoms with E-state index in [0.717, 1.165) is 5.56 Å². The van der Waals surface area contributed by atoms with Crippen molar-refractivity contribution in [2.45, 2.75) is 6.92 Å². The Bertz CT molecular complexity index is 868. The van der Waals surface area contributed by atoms with Crippen molar-refractivity contribution >= 4 is 23.2 Å². The molecule has 7 nitrogen and oxygen atoms in total. The zero-order valence-electron chi connectivity index (χ0n) is 11.6. The van der Waals surface area contributed by atoms with Crippen molar-refractivity contribution in [3.63, 3.8) is 0 Å². The molecular weight excluding hydrogens is 284 g/mol. The van der Waals surface area contributed by atoms with Gasteiger partial charge in [-0.15, -0.1) is 0 Å². The number of rotatable bonds is 3. The zero-order chi connectivity index (χ0) is 15.7. The molecule has 0 aliphatic rings. The molecule has 2 heterocycles. The molecule has 0 aliphatic heterocycles. The monoisotopic (exact) mass is 296 g/mol. The molecule has 0 unspecified atom stereocenters. The maximum Gasteiger partial charge on any atom is 0.356 e. The Morgan fingerprint density at radius 3 is 2.50 bits per heavy atom. The average Bonchev–Trinajstić information content (AvgIpc) is 2.90. The highest BCUT2D eigenvalue weighted by Crippen LogP contribution is 2.22. The van der Waals surface area contributed by atoms with Crippen LogP contribution in [0.1, 0.15) is 17.4 Å². The van der Waals surface area contributed by atoms with Gasteiger partial charge in [0.1, 0.15) is 0 Å². The summed E-state index contributed by atoms with van der Waals surface area (Å²) in [6, 6.07) is 10.2. The van der Waals surface area contributed by atoms with E-state index in [0.29, 0.717) is 17.0 Å². The number of benzene rings is 1. The molecule has 7 heteroatoms. The van der Waals surface area contributed by atoms with Crippen LogP contribution in [0, 0.1) is 0 Å². The average molecular weight is 296 g/mol. The molecule has 0 aliphatic carbocycles. The summed E-state index contributed by atoms with van der Waals surface area (Å²) in [7, 11) is 0. The first-order chi connectivity index (χ1) is 10.5. The van der Waals surface area contributed by atoms with Gasteiger partial charge in [0.2, 0.25) is 5.91 Å². The third kappa shape index (κ3) is 2.51. The molecule has 110 valence electrons. The number of fused-ring (bicyclic) bond motifs is 1. The molecule has 0 bridgehead atoms. The second kappa shape index (κ2) is 5.28. The van der Waals surface area contributed by atoms with E-state index in [1.54, 1.807) is 24.4 Å². The first-order valence-electron chi connectivity index (χ1n) is 6.51. The number of carbonyl (C=O) groups excluding carboxylic acids is 1. The summed E-state index contributed by atoms with van der Waals surface area (Å²) in [5.74, 6) is -1.24. The van der Waals surface area contributed by atoms with Gasteiger partial charge in [-0.3, -0.25) is 4.79 Å². The minimum Gasteiger partial charge on any atom is -0.476 e. The van der Waals surface area contributed by atoms with Crippen molar-refractivity contribution in [2.24, 2.45) is 0 Å². The molecule has 2 N–H and O–H groups in total. The Morgan fingerprint density at radius 2 is 1.86 bits per heavy atom. The number of amides is 1. The summed E-state index contributed by atoms with van der Waals surface area (Å²) in [5.41, 5.74) is 2.68. The molecule has 22 heavy (non-hydrogen) atoms. The van der Waals surface area contributed by atoms with Crippen LogP contribution >= 0.6 is 0 Å². The second-order valence-electron chi connectivity index (χ2n) is 4.70. The second-order valence-corrected chi connectivity index (χ2v) is 4.70. The summed E-state index contributed by atoms with van der Waals surface area (Å²) < 4.78 is 1.48. The predicted molar refractivity (Wildman–Crippen MR) is 79.7 cm³/mol. The quantitative estimate of drug-likeness (QED) is 0.771. The molecule has 2 aromatic heterocycles. The van der Waals surface area contributed by atoms with E-state index in [9.17, 15) is 9.59 Å². The van der Waals surface area contributed by atoms with E-state index < -0.39 is 5.97 Å². The van der Waals surface area contributed by atoms with Gasteiger partial charge in [0.25, 0.3) is 0 Å². The van der Waals surface area contributed by atoms with Gasteiger partial charge < -0.3 is 10.4 Å². The minimum absolute atomic E-state index is 0.0541. The predicted octanol–water partition coefficient (Wildman–Crippen LogP) is 2.05. The first-order valence-corrected chi connectivity index (χ1v) is 6.51. The maximum atomic E-state index is 11.0. The van der Waals surface area contributed by atoms with Gasteiger partial charge in [0, 0.05) is 18.2 Å². The Hall–Kier alpha value is -3.22. The number of hydrogen-bond donors (Lipinski definition) is 2. The smallest absolute Gasteiger partial charge is 0.356 e.